The van der Waals surface area contributed by atoms with E-state index in [2.05, 4.69) is 21.2 Å². The molecule has 0 aliphatic rings. The maximum Gasteiger partial charge on any atom is 0.291 e. The van der Waals surface area contributed by atoms with Crippen molar-refractivity contribution in [3.05, 3.63) is 82.2 Å². The molecular weight excluding hydrogens is 436 g/mol. The second-order valence-corrected chi connectivity index (χ2v) is 7.46. The predicted molar refractivity (Wildman–Crippen MR) is 114 cm³/mol. The highest BCUT2D eigenvalue weighted by Gasteiger charge is 2.13. The molecule has 1 heterocycles. The molecule has 0 unspecified atom stereocenters. The lowest BCUT2D eigenvalue weighted by Crippen LogP contribution is -2.23. The molecule has 0 aliphatic heterocycles. The zero-order valence-corrected chi connectivity index (χ0v) is 17.7. The summed E-state index contributed by atoms with van der Waals surface area (Å²) in [6.45, 7) is 2.20. The fourth-order valence-corrected chi connectivity index (χ4v) is 2.99. The van der Waals surface area contributed by atoms with E-state index in [0.717, 1.165) is 10.0 Å². The van der Waals surface area contributed by atoms with Crippen LogP contribution in [0.5, 0.6) is 5.75 Å². The summed E-state index contributed by atoms with van der Waals surface area (Å²) in [7, 11) is 1.73. The number of nitrogens with zero attached hydrogens (tertiary/aromatic N) is 1. The molecule has 1 aromatic heterocycles. The molecule has 1 N–H and O–H groups in total. The highest BCUT2D eigenvalue weighted by atomic mass is 79.9. The third kappa shape index (κ3) is 5.96. The summed E-state index contributed by atoms with van der Waals surface area (Å²) in [6, 6.07) is 18.2. The van der Waals surface area contributed by atoms with E-state index in [0.29, 0.717) is 23.7 Å². The quantitative estimate of drug-likeness (QED) is 0.551. The number of hydrogen-bond donors (Lipinski definition) is 1. The average Bonchev–Trinajstić information content (AvgIpc) is 3.16. The Kier molecular flexibility index (Phi) is 6.72. The molecule has 0 bridgehead atoms. The van der Waals surface area contributed by atoms with Crippen molar-refractivity contribution in [2.75, 3.05) is 12.4 Å². The Morgan fingerprint density at radius 2 is 1.90 bits per heavy atom. The molecular formula is C22H21BrN2O4. The zero-order valence-electron chi connectivity index (χ0n) is 16.1. The number of halogens is 1. The van der Waals surface area contributed by atoms with Gasteiger partial charge in [0.25, 0.3) is 5.91 Å². The number of ether oxygens (including phenoxy) is 1. The standard InChI is InChI=1S/C22H21BrN2O4/c1-15(26)25(2)13-16-5-3-7-18(11-16)24-22(27)21-10-9-20(29-21)14-28-19-8-4-6-17(23)12-19/h3-12H,13-14H2,1-2H3,(H,24,27). The lowest BCUT2D eigenvalue weighted by atomic mass is 10.2. The monoisotopic (exact) mass is 456 g/mol. The van der Waals surface area contributed by atoms with E-state index in [1.807, 2.05) is 42.5 Å². The van der Waals surface area contributed by atoms with Gasteiger partial charge < -0.3 is 19.4 Å². The van der Waals surface area contributed by atoms with Crippen LogP contribution in [0.15, 0.2) is 69.6 Å². The molecule has 29 heavy (non-hydrogen) atoms. The van der Waals surface area contributed by atoms with Crippen LogP contribution in [0, 0.1) is 0 Å². The van der Waals surface area contributed by atoms with Crippen molar-refractivity contribution in [3.63, 3.8) is 0 Å². The number of carbonyl (C=O) groups excluding carboxylic acids is 2. The molecule has 0 saturated carbocycles. The smallest absolute Gasteiger partial charge is 0.291 e. The van der Waals surface area contributed by atoms with Crippen molar-refractivity contribution >= 4 is 33.4 Å². The Balaban J connectivity index is 1.59. The highest BCUT2D eigenvalue weighted by molar-refractivity contribution is 9.10. The zero-order chi connectivity index (χ0) is 20.8. The highest BCUT2D eigenvalue weighted by Crippen LogP contribution is 2.20. The summed E-state index contributed by atoms with van der Waals surface area (Å²) < 4.78 is 12.2. The van der Waals surface area contributed by atoms with Gasteiger partial charge in [-0.15, -0.1) is 0 Å². The minimum atomic E-state index is -0.351. The fourth-order valence-electron chi connectivity index (χ4n) is 2.61. The number of benzene rings is 2. The summed E-state index contributed by atoms with van der Waals surface area (Å²) in [5.74, 6) is 1.08. The van der Waals surface area contributed by atoms with E-state index in [-0.39, 0.29) is 24.2 Å². The van der Waals surface area contributed by atoms with E-state index in [1.54, 1.807) is 30.1 Å². The van der Waals surface area contributed by atoms with Crippen molar-refractivity contribution < 1.29 is 18.7 Å². The molecule has 0 radical (unpaired) electrons. The summed E-state index contributed by atoms with van der Waals surface area (Å²) in [6.07, 6.45) is 0. The topological polar surface area (TPSA) is 71.8 Å². The van der Waals surface area contributed by atoms with Crippen molar-refractivity contribution in [3.8, 4) is 5.75 Å². The number of carbonyl (C=O) groups is 2. The maximum absolute atomic E-state index is 12.5. The third-order valence-corrected chi connectivity index (χ3v) is 4.70. The Bertz CT molecular complexity index is 1020. The van der Waals surface area contributed by atoms with Crippen LogP contribution in [0.1, 0.15) is 28.8 Å². The molecule has 6 nitrogen and oxygen atoms in total. The minimum absolute atomic E-state index is 0.0207. The van der Waals surface area contributed by atoms with Gasteiger partial charge in [-0.1, -0.05) is 34.1 Å². The van der Waals surface area contributed by atoms with Crippen molar-refractivity contribution in [1.29, 1.82) is 0 Å². The fraction of sp³-hybridized carbons (Fsp3) is 0.182. The van der Waals surface area contributed by atoms with Gasteiger partial charge in [-0.2, -0.15) is 0 Å². The van der Waals surface area contributed by atoms with Crippen LogP contribution in [-0.4, -0.2) is 23.8 Å². The van der Waals surface area contributed by atoms with Gasteiger partial charge in [-0.3, -0.25) is 9.59 Å². The Morgan fingerprint density at radius 3 is 2.66 bits per heavy atom. The molecule has 0 aliphatic carbocycles. The summed E-state index contributed by atoms with van der Waals surface area (Å²) in [5.41, 5.74) is 1.55. The van der Waals surface area contributed by atoms with Gasteiger partial charge in [0.1, 0.15) is 18.1 Å². The van der Waals surface area contributed by atoms with Crippen LogP contribution in [0.4, 0.5) is 5.69 Å². The molecule has 3 rings (SSSR count). The summed E-state index contributed by atoms with van der Waals surface area (Å²) in [5, 5.41) is 2.81. The van der Waals surface area contributed by atoms with Crippen LogP contribution in [0.2, 0.25) is 0 Å². The number of anilines is 1. The number of nitrogens with one attached hydrogen (secondary N) is 1. The van der Waals surface area contributed by atoms with E-state index < -0.39 is 0 Å². The van der Waals surface area contributed by atoms with Gasteiger partial charge in [-0.05, 0) is 48.0 Å². The van der Waals surface area contributed by atoms with Gasteiger partial charge in [0.2, 0.25) is 5.91 Å². The first kappa shape index (κ1) is 20.7. The first-order valence-corrected chi connectivity index (χ1v) is 9.79. The van der Waals surface area contributed by atoms with E-state index >= 15 is 0 Å². The lowest BCUT2D eigenvalue weighted by molar-refractivity contribution is -0.128. The number of furan rings is 1. The van der Waals surface area contributed by atoms with Crippen LogP contribution >= 0.6 is 15.9 Å². The van der Waals surface area contributed by atoms with Crippen LogP contribution in [0.3, 0.4) is 0 Å². The Hall–Kier alpha value is -3.06. The van der Waals surface area contributed by atoms with Crippen molar-refractivity contribution in [1.82, 2.24) is 4.90 Å². The SMILES string of the molecule is CC(=O)N(C)Cc1cccc(NC(=O)c2ccc(COc3cccc(Br)c3)o2)c1. The average molecular weight is 457 g/mol. The van der Waals surface area contributed by atoms with E-state index in [9.17, 15) is 9.59 Å². The second kappa shape index (κ2) is 9.43. The molecule has 0 saturated heterocycles. The van der Waals surface area contributed by atoms with Crippen LogP contribution < -0.4 is 10.1 Å². The molecule has 3 aromatic rings. The van der Waals surface area contributed by atoms with Gasteiger partial charge in [0, 0.05) is 30.7 Å². The Labute approximate surface area is 177 Å². The maximum atomic E-state index is 12.5. The molecule has 0 spiro atoms. The van der Waals surface area contributed by atoms with Gasteiger partial charge in [-0.25, -0.2) is 0 Å². The number of rotatable bonds is 7. The van der Waals surface area contributed by atoms with Crippen LogP contribution in [-0.2, 0) is 17.9 Å². The molecule has 2 aromatic carbocycles. The first-order chi connectivity index (χ1) is 13.9. The molecule has 7 heteroatoms. The van der Waals surface area contributed by atoms with Gasteiger partial charge in [0.05, 0.1) is 0 Å². The molecule has 2 amide bonds. The molecule has 0 atom stereocenters. The lowest BCUT2D eigenvalue weighted by Gasteiger charge is -2.15. The molecule has 0 fully saturated rings. The predicted octanol–water partition coefficient (Wildman–Crippen LogP) is 4.85. The summed E-state index contributed by atoms with van der Waals surface area (Å²) >= 11 is 3.39. The van der Waals surface area contributed by atoms with E-state index in [1.165, 1.54) is 6.92 Å². The molecule has 150 valence electrons. The minimum Gasteiger partial charge on any atom is -0.486 e. The van der Waals surface area contributed by atoms with Crippen LogP contribution in [0.25, 0.3) is 0 Å². The Morgan fingerprint density at radius 1 is 1.10 bits per heavy atom. The van der Waals surface area contributed by atoms with Gasteiger partial charge >= 0.3 is 0 Å². The van der Waals surface area contributed by atoms with Crippen molar-refractivity contribution in [2.45, 2.75) is 20.1 Å². The van der Waals surface area contributed by atoms with Crippen molar-refractivity contribution in [2.24, 2.45) is 0 Å². The third-order valence-electron chi connectivity index (χ3n) is 4.20. The largest absolute Gasteiger partial charge is 0.486 e. The first-order valence-electron chi connectivity index (χ1n) is 9.00. The van der Waals surface area contributed by atoms with Gasteiger partial charge in [0.15, 0.2) is 5.76 Å². The normalized spacial score (nSPS) is 10.4. The summed E-state index contributed by atoms with van der Waals surface area (Å²) in [4.78, 5) is 25.5. The van der Waals surface area contributed by atoms with E-state index in [4.69, 9.17) is 9.15 Å². The number of hydrogen-bond acceptors (Lipinski definition) is 4. The number of amides is 2. The second-order valence-electron chi connectivity index (χ2n) is 6.54.